The number of carbonyl (C=O) groups is 1. The van der Waals surface area contributed by atoms with Crippen molar-refractivity contribution in [2.45, 2.75) is 18.9 Å². The highest BCUT2D eigenvalue weighted by atomic mass is 16.1. The van der Waals surface area contributed by atoms with Crippen molar-refractivity contribution in [3.05, 3.63) is 48.6 Å². The Labute approximate surface area is 84.4 Å². The fourth-order valence-electron chi connectivity index (χ4n) is 1.31. The average Bonchev–Trinajstić information content (AvgIpc) is 2.19. The second-order valence-corrected chi connectivity index (χ2v) is 3.25. The van der Waals surface area contributed by atoms with Crippen molar-refractivity contribution in [3.8, 4) is 0 Å². The Bertz CT molecular complexity index is 305. The second-order valence-electron chi connectivity index (χ2n) is 3.25. The lowest BCUT2D eigenvalue weighted by atomic mass is 10.0. The van der Waals surface area contributed by atoms with Crippen molar-refractivity contribution in [2.24, 2.45) is 5.73 Å². The summed E-state index contributed by atoms with van der Waals surface area (Å²) in [5, 5.41) is 0. The Kier molecular flexibility index (Phi) is 4.08. The van der Waals surface area contributed by atoms with Crippen LogP contribution >= 0.6 is 0 Å². The first-order valence-electron chi connectivity index (χ1n) is 4.67. The number of nitrogens with two attached hydrogens (primary N) is 1. The van der Waals surface area contributed by atoms with Gasteiger partial charge in [0.25, 0.3) is 0 Å². The molecule has 2 nitrogen and oxygen atoms in total. The SMILES string of the molecule is C=CCC(=O)CC(N)c1ccccc1. The summed E-state index contributed by atoms with van der Waals surface area (Å²) in [7, 11) is 0. The molecule has 2 heteroatoms. The summed E-state index contributed by atoms with van der Waals surface area (Å²) in [5.74, 6) is 0.136. The molecule has 0 fully saturated rings. The standard InChI is InChI=1S/C12H15NO/c1-2-6-11(14)9-12(13)10-7-4-3-5-8-10/h2-5,7-8,12H,1,6,9,13H2. The first-order valence-corrected chi connectivity index (χ1v) is 4.67. The quantitative estimate of drug-likeness (QED) is 0.722. The molecule has 0 heterocycles. The molecule has 1 rings (SSSR count). The number of rotatable bonds is 5. The summed E-state index contributed by atoms with van der Waals surface area (Å²) in [6.45, 7) is 3.52. The molecule has 0 amide bonds. The Morgan fingerprint density at radius 1 is 1.43 bits per heavy atom. The van der Waals surface area contributed by atoms with Gasteiger partial charge in [-0.25, -0.2) is 0 Å². The number of hydrogen-bond donors (Lipinski definition) is 1. The van der Waals surface area contributed by atoms with Crippen LogP contribution in [0.15, 0.2) is 43.0 Å². The van der Waals surface area contributed by atoms with Gasteiger partial charge in [-0.2, -0.15) is 0 Å². The maximum Gasteiger partial charge on any atom is 0.138 e. The van der Waals surface area contributed by atoms with Crippen LogP contribution in [-0.4, -0.2) is 5.78 Å². The molecule has 1 aromatic rings. The van der Waals surface area contributed by atoms with E-state index in [4.69, 9.17) is 5.73 Å². The maximum absolute atomic E-state index is 11.3. The van der Waals surface area contributed by atoms with Crippen LogP contribution < -0.4 is 5.73 Å². The van der Waals surface area contributed by atoms with E-state index in [1.165, 1.54) is 0 Å². The third kappa shape index (κ3) is 3.15. The summed E-state index contributed by atoms with van der Waals surface area (Å²) >= 11 is 0. The summed E-state index contributed by atoms with van der Waals surface area (Å²) < 4.78 is 0. The summed E-state index contributed by atoms with van der Waals surface area (Å²) in [5.41, 5.74) is 6.88. The molecule has 0 saturated heterocycles. The van der Waals surface area contributed by atoms with Crippen LogP contribution in [-0.2, 0) is 4.79 Å². The summed E-state index contributed by atoms with van der Waals surface area (Å²) in [6.07, 6.45) is 2.40. The molecule has 0 bridgehead atoms. The zero-order valence-electron chi connectivity index (χ0n) is 8.15. The minimum Gasteiger partial charge on any atom is -0.324 e. The lowest BCUT2D eigenvalue weighted by molar-refractivity contribution is -0.118. The van der Waals surface area contributed by atoms with Gasteiger partial charge in [-0.05, 0) is 5.56 Å². The minimum absolute atomic E-state index is 0.136. The molecule has 0 aliphatic carbocycles. The number of Topliss-reactive ketones (excluding diaryl/α,β-unsaturated/α-hetero) is 1. The second kappa shape index (κ2) is 5.35. The molecule has 74 valence electrons. The van der Waals surface area contributed by atoms with E-state index in [9.17, 15) is 4.79 Å². The topological polar surface area (TPSA) is 43.1 Å². The van der Waals surface area contributed by atoms with E-state index in [-0.39, 0.29) is 11.8 Å². The van der Waals surface area contributed by atoms with Crippen molar-refractivity contribution >= 4 is 5.78 Å². The van der Waals surface area contributed by atoms with Gasteiger partial charge in [-0.3, -0.25) is 4.79 Å². The van der Waals surface area contributed by atoms with Gasteiger partial charge in [0.15, 0.2) is 0 Å². The van der Waals surface area contributed by atoms with Gasteiger partial charge in [0.1, 0.15) is 5.78 Å². The van der Waals surface area contributed by atoms with E-state index in [1.54, 1.807) is 6.08 Å². The van der Waals surface area contributed by atoms with E-state index < -0.39 is 0 Å². The molecule has 0 saturated carbocycles. The van der Waals surface area contributed by atoms with Crippen molar-refractivity contribution in [1.82, 2.24) is 0 Å². The first-order chi connectivity index (χ1) is 6.74. The van der Waals surface area contributed by atoms with E-state index >= 15 is 0 Å². The normalized spacial score (nSPS) is 12.1. The number of hydrogen-bond acceptors (Lipinski definition) is 2. The molecule has 0 radical (unpaired) electrons. The molecular formula is C12H15NO. The highest BCUT2D eigenvalue weighted by Crippen LogP contribution is 2.14. The fraction of sp³-hybridized carbons (Fsp3) is 0.250. The van der Waals surface area contributed by atoms with Gasteiger partial charge in [-0.1, -0.05) is 36.4 Å². The largest absolute Gasteiger partial charge is 0.324 e. The predicted molar refractivity (Wildman–Crippen MR) is 57.8 cm³/mol. The lowest BCUT2D eigenvalue weighted by Crippen LogP contribution is -2.14. The van der Waals surface area contributed by atoms with Crippen molar-refractivity contribution in [1.29, 1.82) is 0 Å². The molecule has 1 unspecified atom stereocenters. The molecule has 1 aromatic carbocycles. The van der Waals surface area contributed by atoms with Crippen molar-refractivity contribution in [2.75, 3.05) is 0 Å². The highest BCUT2D eigenvalue weighted by Gasteiger charge is 2.09. The Balaban J connectivity index is 2.54. The number of allylic oxidation sites excluding steroid dienone is 1. The van der Waals surface area contributed by atoms with Crippen molar-refractivity contribution in [3.63, 3.8) is 0 Å². The van der Waals surface area contributed by atoms with Gasteiger partial charge in [0.05, 0.1) is 0 Å². The maximum atomic E-state index is 11.3. The highest BCUT2D eigenvalue weighted by molar-refractivity contribution is 5.80. The Hall–Kier alpha value is -1.41. The lowest BCUT2D eigenvalue weighted by Gasteiger charge is -2.09. The Morgan fingerprint density at radius 3 is 2.64 bits per heavy atom. The number of benzene rings is 1. The van der Waals surface area contributed by atoms with Crippen LogP contribution in [0.4, 0.5) is 0 Å². The van der Waals surface area contributed by atoms with E-state index in [0.717, 1.165) is 5.56 Å². The molecule has 14 heavy (non-hydrogen) atoms. The zero-order chi connectivity index (χ0) is 10.4. The molecule has 0 spiro atoms. The third-order valence-electron chi connectivity index (χ3n) is 2.05. The Morgan fingerprint density at radius 2 is 2.07 bits per heavy atom. The van der Waals surface area contributed by atoms with Gasteiger partial charge in [0.2, 0.25) is 0 Å². The monoisotopic (exact) mass is 189 g/mol. The van der Waals surface area contributed by atoms with Crippen LogP contribution in [0.25, 0.3) is 0 Å². The average molecular weight is 189 g/mol. The molecule has 2 N–H and O–H groups in total. The van der Waals surface area contributed by atoms with Crippen LogP contribution in [0.3, 0.4) is 0 Å². The van der Waals surface area contributed by atoms with Crippen molar-refractivity contribution < 1.29 is 4.79 Å². The van der Waals surface area contributed by atoms with Gasteiger partial charge in [0, 0.05) is 18.9 Å². The number of ketones is 1. The minimum atomic E-state index is -0.191. The van der Waals surface area contributed by atoms with Crippen LogP contribution in [0.5, 0.6) is 0 Å². The number of carbonyl (C=O) groups excluding carboxylic acids is 1. The fourth-order valence-corrected chi connectivity index (χ4v) is 1.31. The zero-order valence-corrected chi connectivity index (χ0v) is 8.15. The van der Waals surface area contributed by atoms with E-state index in [2.05, 4.69) is 6.58 Å². The van der Waals surface area contributed by atoms with Gasteiger partial charge >= 0.3 is 0 Å². The summed E-state index contributed by atoms with van der Waals surface area (Å²) in [4.78, 5) is 11.3. The molecule has 1 atom stereocenters. The first kappa shape index (κ1) is 10.7. The van der Waals surface area contributed by atoms with Crippen LogP contribution in [0, 0.1) is 0 Å². The predicted octanol–water partition coefficient (Wildman–Crippen LogP) is 2.22. The van der Waals surface area contributed by atoms with Crippen LogP contribution in [0.1, 0.15) is 24.4 Å². The molecule has 0 aliphatic rings. The molecule has 0 aliphatic heterocycles. The molecule has 0 aromatic heterocycles. The van der Waals surface area contributed by atoms with E-state index in [0.29, 0.717) is 12.8 Å². The molecular weight excluding hydrogens is 174 g/mol. The smallest absolute Gasteiger partial charge is 0.138 e. The third-order valence-corrected chi connectivity index (χ3v) is 2.05. The van der Waals surface area contributed by atoms with Gasteiger partial charge < -0.3 is 5.73 Å². The van der Waals surface area contributed by atoms with E-state index in [1.807, 2.05) is 30.3 Å². The summed E-state index contributed by atoms with van der Waals surface area (Å²) in [6, 6.07) is 9.46. The van der Waals surface area contributed by atoms with Gasteiger partial charge in [-0.15, -0.1) is 6.58 Å². The van der Waals surface area contributed by atoms with Crippen LogP contribution in [0.2, 0.25) is 0 Å².